The summed E-state index contributed by atoms with van der Waals surface area (Å²) in [4.78, 5) is 11.5. The molecule has 0 atom stereocenters. The maximum absolute atomic E-state index is 11.5. The van der Waals surface area contributed by atoms with E-state index in [0.29, 0.717) is 23.3 Å². The monoisotopic (exact) mass is 330 g/mol. The van der Waals surface area contributed by atoms with E-state index in [1.165, 1.54) is 0 Å². The summed E-state index contributed by atoms with van der Waals surface area (Å²) in [5, 5.41) is 0. The molecule has 1 aliphatic heterocycles. The second kappa shape index (κ2) is 4.49. The number of hydrogen-bond donors (Lipinski definition) is 0. The summed E-state index contributed by atoms with van der Waals surface area (Å²) in [6.07, 6.45) is 0.439. The van der Waals surface area contributed by atoms with Crippen molar-refractivity contribution in [2.24, 2.45) is 0 Å². The van der Waals surface area contributed by atoms with Crippen LogP contribution >= 0.6 is 31.9 Å². The molecule has 0 bridgehead atoms. The molecule has 4 heteroatoms. The van der Waals surface area contributed by atoms with Crippen LogP contribution in [-0.4, -0.2) is 12.4 Å². The second-order valence-electron chi connectivity index (χ2n) is 3.14. The van der Waals surface area contributed by atoms with Gasteiger partial charge in [-0.1, -0.05) is 34.1 Å². The van der Waals surface area contributed by atoms with E-state index >= 15 is 0 Å². The van der Waals surface area contributed by atoms with Crippen molar-refractivity contribution in [3.8, 4) is 0 Å². The molecule has 0 aromatic heterocycles. The molecule has 2 nitrogen and oxygen atoms in total. The Hall–Kier alpha value is -0.610. The molecule has 0 saturated heterocycles. The fourth-order valence-electron chi connectivity index (χ4n) is 1.39. The Morgan fingerprint density at radius 1 is 1.20 bits per heavy atom. The van der Waals surface area contributed by atoms with E-state index in [1.807, 2.05) is 24.3 Å². The van der Waals surface area contributed by atoms with E-state index in [2.05, 4.69) is 31.9 Å². The van der Waals surface area contributed by atoms with Crippen molar-refractivity contribution in [2.75, 3.05) is 6.61 Å². The zero-order chi connectivity index (χ0) is 10.8. The summed E-state index contributed by atoms with van der Waals surface area (Å²) in [6.45, 7) is 0.449. The average molecular weight is 332 g/mol. The molecular weight excluding hydrogens is 324 g/mol. The SMILES string of the molecule is O=C1CCOC(c2ccccc2Br)=C1Br. The number of hydrogen-bond acceptors (Lipinski definition) is 2. The first kappa shape index (κ1) is 10.9. The van der Waals surface area contributed by atoms with Crippen molar-refractivity contribution in [3.63, 3.8) is 0 Å². The van der Waals surface area contributed by atoms with Gasteiger partial charge in [-0.15, -0.1) is 0 Å². The zero-order valence-electron chi connectivity index (χ0n) is 7.80. The molecule has 78 valence electrons. The summed E-state index contributed by atoms with van der Waals surface area (Å²) < 4.78 is 6.96. The molecule has 1 aliphatic rings. The lowest BCUT2D eigenvalue weighted by atomic mass is 10.1. The van der Waals surface area contributed by atoms with Crippen LogP contribution in [0.4, 0.5) is 0 Å². The van der Waals surface area contributed by atoms with Crippen molar-refractivity contribution in [2.45, 2.75) is 6.42 Å². The molecule has 0 radical (unpaired) electrons. The van der Waals surface area contributed by atoms with Crippen molar-refractivity contribution in [1.82, 2.24) is 0 Å². The number of ether oxygens (including phenoxy) is 1. The first-order valence-electron chi connectivity index (χ1n) is 4.51. The fourth-order valence-corrected chi connectivity index (χ4v) is 2.38. The van der Waals surface area contributed by atoms with Gasteiger partial charge in [-0.2, -0.15) is 0 Å². The predicted molar refractivity (Wildman–Crippen MR) is 65.6 cm³/mol. The molecule has 1 heterocycles. The molecule has 0 amide bonds. The highest BCUT2D eigenvalue weighted by Gasteiger charge is 2.22. The van der Waals surface area contributed by atoms with Gasteiger partial charge in [0.1, 0.15) is 10.2 Å². The zero-order valence-corrected chi connectivity index (χ0v) is 11.0. The van der Waals surface area contributed by atoms with E-state index in [0.717, 1.165) is 10.0 Å². The maximum Gasteiger partial charge on any atom is 0.176 e. The number of benzene rings is 1. The van der Waals surface area contributed by atoms with E-state index in [1.54, 1.807) is 0 Å². The predicted octanol–water partition coefficient (Wildman–Crippen LogP) is 3.50. The molecule has 0 saturated carbocycles. The van der Waals surface area contributed by atoms with Crippen LogP contribution in [0, 0.1) is 0 Å². The molecule has 15 heavy (non-hydrogen) atoms. The average Bonchev–Trinajstić information content (AvgIpc) is 2.23. The van der Waals surface area contributed by atoms with Crippen LogP contribution in [0.15, 0.2) is 33.2 Å². The van der Waals surface area contributed by atoms with Crippen molar-refractivity contribution < 1.29 is 9.53 Å². The van der Waals surface area contributed by atoms with Crippen LogP contribution in [0.1, 0.15) is 12.0 Å². The summed E-state index contributed by atoms with van der Waals surface area (Å²) >= 11 is 6.71. The standard InChI is InChI=1S/C11H8Br2O2/c12-8-4-2-1-3-7(8)11-10(13)9(14)5-6-15-11/h1-4H,5-6H2. The Kier molecular flexibility index (Phi) is 3.26. The van der Waals surface area contributed by atoms with Crippen molar-refractivity contribution >= 4 is 43.4 Å². The number of ketones is 1. The van der Waals surface area contributed by atoms with Gasteiger partial charge in [0, 0.05) is 16.5 Å². The van der Waals surface area contributed by atoms with Crippen LogP contribution in [-0.2, 0) is 9.53 Å². The van der Waals surface area contributed by atoms with Crippen LogP contribution in [0.3, 0.4) is 0 Å². The summed E-state index contributed by atoms with van der Waals surface area (Å²) in [7, 11) is 0. The molecule has 1 aromatic carbocycles. The third-order valence-corrected chi connectivity index (χ3v) is 3.63. The highest BCUT2D eigenvalue weighted by molar-refractivity contribution is 9.12. The van der Waals surface area contributed by atoms with Gasteiger partial charge in [0.05, 0.1) is 6.61 Å². The molecule has 0 aliphatic carbocycles. The van der Waals surface area contributed by atoms with Crippen molar-refractivity contribution in [3.05, 3.63) is 38.8 Å². The number of Topliss-reactive ketones (excluding diaryl/α,β-unsaturated/α-hetero) is 1. The van der Waals surface area contributed by atoms with Gasteiger partial charge in [-0.05, 0) is 22.0 Å². The number of carbonyl (C=O) groups is 1. The summed E-state index contributed by atoms with van der Waals surface area (Å²) in [6, 6.07) is 7.67. The quantitative estimate of drug-likeness (QED) is 0.787. The number of rotatable bonds is 1. The van der Waals surface area contributed by atoms with Crippen LogP contribution in [0.2, 0.25) is 0 Å². The van der Waals surface area contributed by atoms with E-state index in [9.17, 15) is 4.79 Å². The highest BCUT2D eigenvalue weighted by atomic mass is 79.9. The van der Waals surface area contributed by atoms with Crippen LogP contribution in [0.5, 0.6) is 0 Å². The Labute approximate surface area is 105 Å². The normalized spacial score (nSPS) is 16.5. The van der Waals surface area contributed by atoms with Gasteiger partial charge in [0.2, 0.25) is 0 Å². The van der Waals surface area contributed by atoms with Gasteiger partial charge < -0.3 is 4.74 Å². The van der Waals surface area contributed by atoms with Crippen LogP contribution in [0.25, 0.3) is 5.76 Å². The van der Waals surface area contributed by atoms with Gasteiger partial charge >= 0.3 is 0 Å². The minimum absolute atomic E-state index is 0.0898. The van der Waals surface area contributed by atoms with E-state index in [-0.39, 0.29) is 5.78 Å². The smallest absolute Gasteiger partial charge is 0.176 e. The molecule has 2 rings (SSSR count). The molecule has 0 fully saturated rings. The van der Waals surface area contributed by atoms with Gasteiger partial charge in [0.15, 0.2) is 5.78 Å². The minimum Gasteiger partial charge on any atom is -0.491 e. The van der Waals surface area contributed by atoms with Gasteiger partial charge in [0.25, 0.3) is 0 Å². The van der Waals surface area contributed by atoms with Gasteiger partial charge in [-0.25, -0.2) is 0 Å². The van der Waals surface area contributed by atoms with Crippen LogP contribution < -0.4 is 0 Å². The Morgan fingerprint density at radius 2 is 1.93 bits per heavy atom. The Morgan fingerprint density at radius 3 is 2.67 bits per heavy atom. The summed E-state index contributed by atoms with van der Waals surface area (Å²) in [5.74, 6) is 0.714. The lowest BCUT2D eigenvalue weighted by molar-refractivity contribution is -0.116. The number of carbonyl (C=O) groups excluding carboxylic acids is 1. The number of halogens is 2. The largest absolute Gasteiger partial charge is 0.491 e. The molecule has 0 unspecified atom stereocenters. The lowest BCUT2D eigenvalue weighted by Crippen LogP contribution is -2.13. The Balaban J connectivity index is 2.51. The first-order valence-corrected chi connectivity index (χ1v) is 6.09. The van der Waals surface area contributed by atoms with E-state index < -0.39 is 0 Å². The third kappa shape index (κ3) is 2.16. The minimum atomic E-state index is 0.0898. The van der Waals surface area contributed by atoms with E-state index in [4.69, 9.17) is 4.74 Å². The third-order valence-electron chi connectivity index (χ3n) is 2.14. The molecule has 1 aromatic rings. The Bertz CT molecular complexity index is 438. The summed E-state index contributed by atoms with van der Waals surface area (Å²) in [5.41, 5.74) is 0.900. The van der Waals surface area contributed by atoms with Gasteiger partial charge in [-0.3, -0.25) is 4.79 Å². The fraction of sp³-hybridized carbons (Fsp3) is 0.182. The lowest BCUT2D eigenvalue weighted by Gasteiger charge is -2.18. The molecule has 0 spiro atoms. The first-order chi connectivity index (χ1) is 7.20. The molecular formula is C11H8Br2O2. The van der Waals surface area contributed by atoms with Crippen molar-refractivity contribution in [1.29, 1.82) is 0 Å². The topological polar surface area (TPSA) is 26.3 Å². The molecule has 0 N–H and O–H groups in total. The highest BCUT2D eigenvalue weighted by Crippen LogP contribution is 2.33. The maximum atomic E-state index is 11.5. The number of allylic oxidation sites excluding steroid dienone is 1. The second-order valence-corrected chi connectivity index (χ2v) is 4.79.